The molecule has 2 fully saturated rings. The molecule has 0 spiro atoms. The molecule has 2 N–H and O–H groups in total. The molecule has 1 aliphatic carbocycles. The Morgan fingerprint density at radius 3 is 1.76 bits per heavy atom. The Bertz CT molecular complexity index is 867. The second kappa shape index (κ2) is 13.5. The lowest BCUT2D eigenvalue weighted by Gasteiger charge is -2.36. The zero-order valence-electron chi connectivity index (χ0n) is 20.0. The van der Waals surface area contributed by atoms with Gasteiger partial charge in [0.1, 0.15) is 0 Å². The molecule has 0 bridgehead atoms. The Kier molecular flexibility index (Phi) is 11.3. The number of benzene rings is 2. The molecule has 0 radical (unpaired) electrons. The average Bonchev–Trinajstić information content (AvgIpc) is 3.14. The molecule has 2 heterocycles. The summed E-state index contributed by atoms with van der Waals surface area (Å²) in [5.41, 5.74) is 5.23. The lowest BCUT2D eigenvalue weighted by atomic mass is 9.93. The third-order valence-corrected chi connectivity index (χ3v) is 7.46. The van der Waals surface area contributed by atoms with Crippen molar-refractivity contribution < 1.29 is 10.3 Å². The number of rotatable bonds is 6. The van der Waals surface area contributed by atoms with Crippen LogP contribution in [-0.2, 0) is 4.79 Å². The molecule has 34 heavy (non-hydrogen) atoms. The van der Waals surface area contributed by atoms with E-state index in [0.29, 0.717) is 12.3 Å². The quantitative estimate of drug-likeness (QED) is 0.587. The molecular formula is C27H39Cl2N3O2. The highest BCUT2D eigenvalue weighted by Crippen LogP contribution is 2.46. The highest BCUT2D eigenvalue weighted by Gasteiger charge is 2.31. The van der Waals surface area contributed by atoms with Gasteiger partial charge in [-0.15, -0.1) is 24.8 Å². The molecule has 2 saturated heterocycles. The van der Waals surface area contributed by atoms with Crippen LogP contribution in [0.2, 0.25) is 0 Å². The summed E-state index contributed by atoms with van der Waals surface area (Å²) >= 11 is 0. The fraction of sp³-hybridized carbons (Fsp3) is 0.519. The lowest BCUT2D eigenvalue weighted by molar-refractivity contribution is -0.133. The largest absolute Gasteiger partial charge is 0.412 e. The first-order valence-electron chi connectivity index (χ1n) is 12.2. The molecule has 2 aromatic rings. The molecule has 2 aromatic carbocycles. The fourth-order valence-electron chi connectivity index (χ4n) is 5.71. The van der Waals surface area contributed by atoms with Gasteiger partial charge in [-0.25, -0.2) is 0 Å². The molecule has 0 saturated carbocycles. The van der Waals surface area contributed by atoms with Crippen molar-refractivity contribution in [3.8, 4) is 11.1 Å². The van der Waals surface area contributed by atoms with E-state index in [1.165, 1.54) is 74.1 Å². The van der Waals surface area contributed by atoms with Gasteiger partial charge in [-0.05, 0) is 67.7 Å². The van der Waals surface area contributed by atoms with E-state index in [1.807, 2.05) is 0 Å². The number of halogens is 2. The molecule has 0 aromatic heterocycles. The van der Waals surface area contributed by atoms with Crippen LogP contribution in [0.1, 0.15) is 49.1 Å². The van der Waals surface area contributed by atoms with E-state index in [1.54, 1.807) is 0 Å². The number of amides is 1. The molecule has 5 nitrogen and oxygen atoms in total. The van der Waals surface area contributed by atoms with Crippen LogP contribution in [0, 0.1) is 0 Å². The van der Waals surface area contributed by atoms with Gasteiger partial charge in [0.05, 0.1) is 0 Å². The average molecular weight is 509 g/mol. The molecule has 1 amide bonds. The molecular weight excluding hydrogens is 469 g/mol. The summed E-state index contributed by atoms with van der Waals surface area (Å²) in [6.45, 7) is 8.76. The van der Waals surface area contributed by atoms with Crippen LogP contribution in [0.15, 0.2) is 48.5 Å². The van der Waals surface area contributed by atoms with Gasteiger partial charge in [-0.1, -0.05) is 55.0 Å². The van der Waals surface area contributed by atoms with Gasteiger partial charge < -0.3 is 15.3 Å². The monoisotopic (exact) mass is 507 g/mol. The van der Waals surface area contributed by atoms with Gasteiger partial charge >= 0.3 is 0 Å². The fourth-order valence-corrected chi connectivity index (χ4v) is 5.71. The summed E-state index contributed by atoms with van der Waals surface area (Å²) < 4.78 is 0. The minimum atomic E-state index is 0. The number of fused-ring (bicyclic) bond motifs is 3. The zero-order valence-corrected chi connectivity index (χ0v) is 21.6. The summed E-state index contributed by atoms with van der Waals surface area (Å²) in [6, 6.07) is 17.2. The third kappa shape index (κ3) is 6.32. The summed E-state index contributed by atoms with van der Waals surface area (Å²) in [5.74, 6) is 0.506. The number of hydrogen-bond acceptors (Lipinski definition) is 3. The Balaban J connectivity index is 0.00000136. The Morgan fingerprint density at radius 1 is 0.706 bits per heavy atom. The van der Waals surface area contributed by atoms with E-state index >= 15 is 0 Å². The maximum absolute atomic E-state index is 13.2. The van der Waals surface area contributed by atoms with Gasteiger partial charge in [0, 0.05) is 38.5 Å². The van der Waals surface area contributed by atoms with Gasteiger partial charge in [-0.3, -0.25) is 9.69 Å². The molecule has 188 valence electrons. The highest BCUT2D eigenvalue weighted by molar-refractivity contribution is 5.86. The molecule has 0 unspecified atom stereocenters. The molecule has 2 aliphatic heterocycles. The second-order valence-electron chi connectivity index (χ2n) is 9.41. The van der Waals surface area contributed by atoms with Gasteiger partial charge in [0.25, 0.3) is 0 Å². The number of likely N-dealkylation sites (tertiary alicyclic amines) is 1. The summed E-state index contributed by atoms with van der Waals surface area (Å²) in [6.07, 6.45) is 5.99. The van der Waals surface area contributed by atoms with Crippen LogP contribution in [0.4, 0.5) is 0 Å². The minimum absolute atomic E-state index is 0. The van der Waals surface area contributed by atoms with Crippen LogP contribution in [0.5, 0.6) is 0 Å². The normalized spacial score (nSPS) is 18.2. The van der Waals surface area contributed by atoms with Crippen molar-refractivity contribution in [3.05, 3.63) is 59.7 Å². The molecule has 0 atom stereocenters. The topological polar surface area (TPSA) is 58.3 Å². The van der Waals surface area contributed by atoms with Crippen molar-refractivity contribution in [2.45, 2.75) is 38.0 Å². The minimum Gasteiger partial charge on any atom is -0.412 e. The predicted molar refractivity (Wildman–Crippen MR) is 144 cm³/mol. The SMILES string of the molecule is Cl.Cl.O.O=C(CC1c2ccccc2-c2ccccc21)N1CCN(CCCN2CCCCC2)CC1. The van der Waals surface area contributed by atoms with Gasteiger partial charge in [0.2, 0.25) is 5.91 Å². The van der Waals surface area contributed by atoms with E-state index in [-0.39, 0.29) is 36.2 Å². The van der Waals surface area contributed by atoms with E-state index in [2.05, 4.69) is 63.2 Å². The van der Waals surface area contributed by atoms with Crippen molar-refractivity contribution in [1.29, 1.82) is 0 Å². The van der Waals surface area contributed by atoms with Crippen molar-refractivity contribution in [2.24, 2.45) is 0 Å². The maximum Gasteiger partial charge on any atom is 0.223 e. The van der Waals surface area contributed by atoms with Crippen molar-refractivity contribution in [1.82, 2.24) is 14.7 Å². The summed E-state index contributed by atoms with van der Waals surface area (Å²) in [5, 5.41) is 0. The summed E-state index contributed by atoms with van der Waals surface area (Å²) in [7, 11) is 0. The van der Waals surface area contributed by atoms with Crippen LogP contribution < -0.4 is 0 Å². The predicted octanol–water partition coefficient (Wildman–Crippen LogP) is 4.23. The van der Waals surface area contributed by atoms with E-state index < -0.39 is 0 Å². The van der Waals surface area contributed by atoms with E-state index in [9.17, 15) is 4.79 Å². The number of piperidine rings is 1. The second-order valence-corrected chi connectivity index (χ2v) is 9.41. The highest BCUT2D eigenvalue weighted by atomic mass is 35.5. The molecule has 7 heteroatoms. The van der Waals surface area contributed by atoms with E-state index in [0.717, 1.165) is 26.2 Å². The number of carbonyl (C=O) groups is 1. The van der Waals surface area contributed by atoms with Crippen LogP contribution in [0.3, 0.4) is 0 Å². The Morgan fingerprint density at radius 2 is 1.21 bits per heavy atom. The van der Waals surface area contributed by atoms with Crippen molar-refractivity contribution in [2.75, 3.05) is 52.4 Å². The lowest BCUT2D eigenvalue weighted by Crippen LogP contribution is -2.49. The zero-order chi connectivity index (χ0) is 21.0. The Hall–Kier alpha value is -1.63. The first kappa shape index (κ1) is 28.6. The van der Waals surface area contributed by atoms with Crippen LogP contribution >= 0.6 is 24.8 Å². The summed E-state index contributed by atoms with van der Waals surface area (Å²) in [4.78, 5) is 20.5. The first-order chi connectivity index (χ1) is 15.3. The molecule has 3 aliphatic rings. The number of hydrogen-bond donors (Lipinski definition) is 0. The van der Waals surface area contributed by atoms with Crippen LogP contribution in [0.25, 0.3) is 11.1 Å². The molecule has 5 rings (SSSR count). The van der Waals surface area contributed by atoms with Crippen LogP contribution in [-0.4, -0.2) is 78.4 Å². The van der Waals surface area contributed by atoms with E-state index in [4.69, 9.17) is 0 Å². The van der Waals surface area contributed by atoms with Crippen molar-refractivity contribution >= 4 is 30.7 Å². The van der Waals surface area contributed by atoms with Crippen molar-refractivity contribution in [3.63, 3.8) is 0 Å². The van der Waals surface area contributed by atoms with Gasteiger partial charge in [0.15, 0.2) is 0 Å². The number of carbonyl (C=O) groups excluding carboxylic acids is 1. The van der Waals surface area contributed by atoms with Gasteiger partial charge in [-0.2, -0.15) is 0 Å². The number of piperazine rings is 1. The smallest absolute Gasteiger partial charge is 0.223 e. The third-order valence-electron chi connectivity index (χ3n) is 7.46. The first-order valence-corrected chi connectivity index (χ1v) is 12.2. The standard InChI is InChI=1S/C27H35N3O.2ClH.H2O/c31-27(21-26-24-11-4-2-9-22(24)23-10-3-5-12-25(23)26)30-19-17-29(18-20-30)16-8-15-28-13-6-1-7-14-28;;;/h2-5,9-12,26H,1,6-8,13-21H2;2*1H;1H2. The Labute approximate surface area is 216 Å². The maximum atomic E-state index is 13.2. The number of nitrogens with zero attached hydrogens (tertiary/aromatic N) is 3.